The summed E-state index contributed by atoms with van der Waals surface area (Å²) in [6, 6.07) is 3.15. The highest BCUT2D eigenvalue weighted by atomic mass is 28.3. The maximum Gasteiger partial charge on any atom is 0.0875 e. The Morgan fingerprint density at radius 3 is 1.90 bits per heavy atom. The Morgan fingerprint density at radius 1 is 1.10 bits per heavy atom. The molecule has 1 saturated heterocycles. The Bertz CT molecular complexity index is 103. The van der Waals surface area contributed by atoms with Crippen molar-refractivity contribution in [3.8, 4) is 0 Å². The van der Waals surface area contributed by atoms with Crippen molar-refractivity contribution in [1.29, 1.82) is 0 Å². The molecule has 0 unspecified atom stereocenters. The van der Waals surface area contributed by atoms with Crippen molar-refractivity contribution in [2.24, 2.45) is 0 Å². The summed E-state index contributed by atoms with van der Waals surface area (Å²) in [5, 5.41) is 0. The van der Waals surface area contributed by atoms with E-state index >= 15 is 0 Å². The summed E-state index contributed by atoms with van der Waals surface area (Å²) >= 11 is 0. The Balaban J connectivity index is 2.39. The molecule has 1 aliphatic rings. The third kappa shape index (κ3) is 2.21. The van der Waals surface area contributed by atoms with Crippen molar-refractivity contribution in [2.45, 2.75) is 44.8 Å². The van der Waals surface area contributed by atoms with Crippen molar-refractivity contribution >= 4 is 19.4 Å². The normalized spacial score (nSPS) is 27.9. The molecule has 0 atom stereocenters. The Morgan fingerprint density at radius 2 is 1.60 bits per heavy atom. The van der Waals surface area contributed by atoms with Crippen LogP contribution < -0.4 is 0 Å². The van der Waals surface area contributed by atoms with Crippen LogP contribution >= 0.6 is 0 Å². The smallest absolute Gasteiger partial charge is 0.0875 e. The summed E-state index contributed by atoms with van der Waals surface area (Å²) in [7, 11) is 0.427. The van der Waals surface area contributed by atoms with E-state index in [9.17, 15) is 0 Å². The predicted molar refractivity (Wildman–Crippen MR) is 52.9 cm³/mol. The highest BCUT2D eigenvalue weighted by Gasteiger charge is 2.22. The Labute approximate surface area is 69.0 Å². The van der Waals surface area contributed by atoms with E-state index in [1.54, 1.807) is 18.5 Å². The summed E-state index contributed by atoms with van der Waals surface area (Å²) in [6.45, 7) is 7.12. The van der Waals surface area contributed by atoms with Gasteiger partial charge >= 0.3 is 0 Å². The minimum Gasteiger partial charge on any atom is -0.350 e. The molecule has 0 amide bonds. The minimum absolute atomic E-state index is 0.213. The van der Waals surface area contributed by atoms with Gasteiger partial charge in [0.15, 0.2) is 0 Å². The maximum atomic E-state index is 2.86. The van der Waals surface area contributed by atoms with Crippen molar-refractivity contribution in [1.82, 2.24) is 4.23 Å². The van der Waals surface area contributed by atoms with Gasteiger partial charge < -0.3 is 4.23 Å². The van der Waals surface area contributed by atoms with E-state index < -0.39 is 0 Å². The van der Waals surface area contributed by atoms with Crippen LogP contribution in [0.15, 0.2) is 0 Å². The average molecular weight is 173 g/mol. The van der Waals surface area contributed by atoms with Crippen LogP contribution in [-0.4, -0.2) is 29.1 Å². The molecule has 0 aromatic carbocycles. The van der Waals surface area contributed by atoms with Crippen molar-refractivity contribution in [2.75, 3.05) is 0 Å². The lowest BCUT2D eigenvalue weighted by Crippen LogP contribution is -2.47. The first-order valence-corrected chi connectivity index (χ1v) is 7.62. The van der Waals surface area contributed by atoms with E-state index in [1.165, 1.54) is 0 Å². The summed E-state index contributed by atoms with van der Waals surface area (Å²) in [5.74, 6) is 0. The van der Waals surface area contributed by atoms with Gasteiger partial charge in [-0.25, -0.2) is 0 Å². The molecule has 0 saturated carbocycles. The Hall–Kier alpha value is 0.394. The van der Waals surface area contributed by atoms with Gasteiger partial charge in [-0.05, 0) is 26.3 Å². The maximum absolute atomic E-state index is 2.86. The largest absolute Gasteiger partial charge is 0.350 e. The molecule has 0 aromatic rings. The van der Waals surface area contributed by atoms with E-state index in [0.717, 1.165) is 0 Å². The molecule has 1 fully saturated rings. The first-order valence-electron chi connectivity index (χ1n) is 4.36. The van der Waals surface area contributed by atoms with Gasteiger partial charge in [-0.2, -0.15) is 0 Å². The zero-order valence-electron chi connectivity index (χ0n) is 7.48. The van der Waals surface area contributed by atoms with E-state index in [2.05, 4.69) is 25.0 Å². The third-order valence-corrected chi connectivity index (χ3v) is 8.81. The number of hydrogen-bond donors (Lipinski definition) is 0. The van der Waals surface area contributed by atoms with Gasteiger partial charge in [0.2, 0.25) is 0 Å². The molecule has 0 radical (unpaired) electrons. The van der Waals surface area contributed by atoms with E-state index in [-0.39, 0.29) is 19.4 Å². The molecule has 0 aliphatic carbocycles. The van der Waals surface area contributed by atoms with Crippen LogP contribution in [0.3, 0.4) is 0 Å². The molecule has 1 nitrogen and oxygen atoms in total. The average Bonchev–Trinajstić information content (AvgIpc) is 1.88. The topological polar surface area (TPSA) is 3.24 Å². The van der Waals surface area contributed by atoms with Crippen molar-refractivity contribution in [3.05, 3.63) is 0 Å². The zero-order chi connectivity index (χ0) is 7.61. The van der Waals surface area contributed by atoms with E-state index in [4.69, 9.17) is 0 Å². The Kier molecular flexibility index (Phi) is 2.71. The van der Waals surface area contributed by atoms with Crippen molar-refractivity contribution < 1.29 is 0 Å². The molecule has 3 heteroatoms. The second-order valence-electron chi connectivity index (χ2n) is 4.22. The zero-order valence-corrected chi connectivity index (χ0v) is 10.3. The van der Waals surface area contributed by atoms with Gasteiger partial charge in [0, 0.05) is 0 Å². The molecule has 0 spiro atoms. The number of rotatable bonds is 0. The molecule has 0 bridgehead atoms. The molecule has 0 aromatic heterocycles. The van der Waals surface area contributed by atoms with Gasteiger partial charge in [-0.1, -0.05) is 18.5 Å². The quantitative estimate of drug-likeness (QED) is 0.482. The molecule has 1 heterocycles. The van der Waals surface area contributed by atoms with Gasteiger partial charge in [0.25, 0.3) is 0 Å². The lowest BCUT2D eigenvalue weighted by atomic mass is 10.1. The third-order valence-electron chi connectivity index (χ3n) is 2.30. The molecule has 60 valence electrons. The lowest BCUT2D eigenvalue weighted by molar-refractivity contribution is 0.369. The molecule has 1 rings (SSSR count). The van der Waals surface area contributed by atoms with Crippen LogP contribution in [0.25, 0.3) is 0 Å². The van der Waals surface area contributed by atoms with E-state index in [0.29, 0.717) is 5.54 Å². The molecule has 1 aliphatic heterocycles. The summed E-state index contributed by atoms with van der Waals surface area (Å²) in [5.41, 5.74) is 0.527. The molecular formula is C7H19NSi2. The monoisotopic (exact) mass is 173 g/mol. The van der Waals surface area contributed by atoms with Crippen LogP contribution in [0.1, 0.15) is 27.2 Å². The first kappa shape index (κ1) is 8.49. The molecule has 0 N–H and O–H groups in total. The lowest BCUT2D eigenvalue weighted by Gasteiger charge is -2.38. The van der Waals surface area contributed by atoms with E-state index in [1.807, 2.05) is 0 Å². The van der Waals surface area contributed by atoms with Gasteiger partial charge in [0.05, 0.1) is 19.4 Å². The second-order valence-corrected chi connectivity index (χ2v) is 8.95. The SMILES string of the molecule is CC(C)(C)N1[SiH2]CCC[SiH2]1. The van der Waals surface area contributed by atoms with Crippen molar-refractivity contribution in [3.63, 3.8) is 0 Å². The summed E-state index contributed by atoms with van der Waals surface area (Å²) in [6.07, 6.45) is 1.56. The van der Waals surface area contributed by atoms with Crippen LogP contribution in [0.5, 0.6) is 0 Å². The van der Waals surface area contributed by atoms with Crippen LogP contribution in [0, 0.1) is 0 Å². The van der Waals surface area contributed by atoms with Gasteiger partial charge in [0.1, 0.15) is 0 Å². The second kappa shape index (κ2) is 3.19. The van der Waals surface area contributed by atoms with Gasteiger partial charge in [-0.3, -0.25) is 0 Å². The fourth-order valence-corrected chi connectivity index (χ4v) is 7.77. The fraction of sp³-hybridized carbons (Fsp3) is 1.00. The predicted octanol–water partition coefficient (Wildman–Crippen LogP) is 0.495. The highest BCUT2D eigenvalue weighted by Crippen LogP contribution is 2.17. The highest BCUT2D eigenvalue weighted by molar-refractivity contribution is 6.52. The summed E-state index contributed by atoms with van der Waals surface area (Å²) < 4.78 is 2.86. The molecule has 10 heavy (non-hydrogen) atoms. The standard InChI is InChI=1S/C7H19NSi2/c1-7(2,3)8-9-5-4-6-10-8/h4-6,9-10H2,1-3H3. The fourth-order valence-electron chi connectivity index (χ4n) is 1.56. The van der Waals surface area contributed by atoms with Crippen LogP contribution in [0.2, 0.25) is 12.1 Å². The van der Waals surface area contributed by atoms with Gasteiger partial charge in [-0.15, -0.1) is 0 Å². The summed E-state index contributed by atoms with van der Waals surface area (Å²) in [4.78, 5) is 0. The van der Waals surface area contributed by atoms with Crippen LogP contribution in [0.4, 0.5) is 0 Å². The molecular weight excluding hydrogens is 154 g/mol. The minimum atomic E-state index is 0.213. The number of nitrogens with zero attached hydrogens (tertiary/aromatic N) is 1. The number of hydrogen-bond acceptors (Lipinski definition) is 1. The first-order chi connectivity index (χ1) is 4.61. The van der Waals surface area contributed by atoms with Crippen LogP contribution in [-0.2, 0) is 0 Å².